The summed E-state index contributed by atoms with van der Waals surface area (Å²) >= 11 is 0. The highest BCUT2D eigenvalue weighted by Gasteiger charge is 2.38. The number of aromatic nitrogens is 2. The average molecular weight is 569 g/mol. The molecule has 4 rings (SSSR count). The quantitative estimate of drug-likeness (QED) is 0.292. The van der Waals surface area contributed by atoms with E-state index in [-0.39, 0.29) is 47.2 Å². The second-order valence-corrected chi connectivity index (χ2v) is 10.9. The van der Waals surface area contributed by atoms with Crippen molar-refractivity contribution in [2.24, 2.45) is 5.92 Å². The maximum Gasteiger partial charge on any atom is 0.449 e. The van der Waals surface area contributed by atoms with E-state index in [1.165, 1.54) is 49.5 Å². The number of hydrogen-bond acceptors (Lipinski definition) is 8. The lowest BCUT2D eigenvalue weighted by molar-refractivity contribution is -0.147. The molecule has 2 heterocycles. The molecule has 1 aromatic heterocycles. The van der Waals surface area contributed by atoms with Gasteiger partial charge >= 0.3 is 12.1 Å². The number of alkyl halides is 3. The summed E-state index contributed by atoms with van der Waals surface area (Å²) in [6, 6.07) is 9.78. The first-order valence-corrected chi connectivity index (χ1v) is 13.5. The van der Waals surface area contributed by atoms with E-state index in [1.807, 2.05) is 0 Å². The predicted octanol–water partition coefficient (Wildman–Crippen LogP) is 3.46. The fraction of sp³-hybridized carbons (Fsp3) is 0.400. The minimum atomic E-state index is -4.68. The van der Waals surface area contributed by atoms with Crippen molar-refractivity contribution in [3.63, 3.8) is 0 Å². The molecule has 1 saturated heterocycles. The number of ether oxygens (including phenoxy) is 2. The number of carbonyl (C=O) groups is 2. The Bertz CT molecular complexity index is 1430. The number of carbonyl (C=O) groups excluding carboxylic acids is 2. The normalized spacial score (nSPS) is 14.8. The SMILES string of the molecule is CN(c1ccc2c(c1)nc(C(F)(F)F)n2CC1CCOCC1)S(=O)(=O)c1ccc(NCC(=O)OCC=O)cc1. The van der Waals surface area contributed by atoms with Crippen LogP contribution in [0.15, 0.2) is 47.4 Å². The standard InChI is InChI=1S/C25H27F3N4O6S/c1-31(39(35,36)20-5-2-18(3-6-20)29-15-23(34)38-13-10-33)19-4-7-22-21(14-19)30-24(25(26,27)28)32(22)16-17-8-11-37-12-9-17/h2-7,10,14,17,29H,8-9,11-13,15-16H2,1H3. The van der Waals surface area contributed by atoms with E-state index in [1.54, 1.807) is 0 Å². The number of sulfonamides is 1. The van der Waals surface area contributed by atoms with Gasteiger partial charge in [0.1, 0.15) is 13.2 Å². The minimum Gasteiger partial charge on any atom is -0.457 e. The van der Waals surface area contributed by atoms with Gasteiger partial charge in [-0.25, -0.2) is 13.4 Å². The van der Waals surface area contributed by atoms with Gasteiger partial charge in [-0.2, -0.15) is 13.2 Å². The van der Waals surface area contributed by atoms with Crippen LogP contribution in [0, 0.1) is 5.92 Å². The van der Waals surface area contributed by atoms with E-state index in [9.17, 15) is 31.2 Å². The lowest BCUT2D eigenvalue weighted by Crippen LogP contribution is -2.26. The molecule has 0 atom stereocenters. The number of anilines is 2. The molecule has 3 aromatic rings. The molecule has 39 heavy (non-hydrogen) atoms. The lowest BCUT2D eigenvalue weighted by Gasteiger charge is -2.24. The van der Waals surface area contributed by atoms with Crippen LogP contribution in [0.5, 0.6) is 0 Å². The number of aldehydes is 1. The van der Waals surface area contributed by atoms with Gasteiger partial charge in [0.25, 0.3) is 10.0 Å². The zero-order valence-electron chi connectivity index (χ0n) is 21.0. The zero-order chi connectivity index (χ0) is 28.2. The molecule has 2 aromatic carbocycles. The van der Waals surface area contributed by atoms with Gasteiger partial charge in [0, 0.05) is 32.5 Å². The number of rotatable bonds is 10. The molecular formula is C25H27F3N4O6S. The third kappa shape index (κ3) is 6.50. The smallest absolute Gasteiger partial charge is 0.449 e. The number of hydrogen-bond donors (Lipinski definition) is 1. The van der Waals surface area contributed by atoms with Crippen LogP contribution in [0.3, 0.4) is 0 Å². The van der Waals surface area contributed by atoms with Gasteiger partial charge < -0.3 is 19.4 Å². The van der Waals surface area contributed by atoms with Crippen LogP contribution < -0.4 is 9.62 Å². The molecular weight excluding hydrogens is 541 g/mol. The molecule has 0 unspecified atom stereocenters. The number of nitrogens with zero attached hydrogens (tertiary/aromatic N) is 3. The van der Waals surface area contributed by atoms with Crippen LogP contribution in [0.1, 0.15) is 18.7 Å². The molecule has 0 bridgehead atoms. The number of esters is 1. The molecule has 0 aliphatic carbocycles. The molecule has 210 valence electrons. The van der Waals surface area contributed by atoms with E-state index >= 15 is 0 Å². The molecule has 1 aliphatic rings. The second-order valence-electron chi connectivity index (χ2n) is 8.97. The highest BCUT2D eigenvalue weighted by atomic mass is 32.2. The van der Waals surface area contributed by atoms with Crippen molar-refractivity contribution < 1.29 is 40.7 Å². The third-order valence-electron chi connectivity index (χ3n) is 6.39. The topological polar surface area (TPSA) is 120 Å². The molecule has 0 radical (unpaired) electrons. The molecule has 1 aliphatic heterocycles. The number of fused-ring (bicyclic) bond motifs is 1. The summed E-state index contributed by atoms with van der Waals surface area (Å²) in [7, 11) is -2.77. The Kier molecular flexibility index (Phi) is 8.45. The summed E-state index contributed by atoms with van der Waals surface area (Å²) in [6.45, 7) is 0.550. The first kappa shape index (κ1) is 28.4. The zero-order valence-corrected chi connectivity index (χ0v) is 21.8. The maximum absolute atomic E-state index is 13.8. The Labute approximate surface area is 222 Å². The van der Waals surface area contributed by atoms with Crippen LogP contribution >= 0.6 is 0 Å². The fourth-order valence-corrected chi connectivity index (χ4v) is 5.48. The van der Waals surface area contributed by atoms with Crippen LogP contribution in [-0.2, 0) is 41.8 Å². The monoisotopic (exact) mass is 568 g/mol. The molecule has 14 heteroatoms. The van der Waals surface area contributed by atoms with Crippen molar-refractivity contribution in [3.8, 4) is 0 Å². The van der Waals surface area contributed by atoms with Gasteiger partial charge in [-0.15, -0.1) is 0 Å². The Morgan fingerprint density at radius 3 is 2.54 bits per heavy atom. The van der Waals surface area contributed by atoms with Gasteiger partial charge in [0.05, 0.1) is 21.6 Å². The predicted molar refractivity (Wildman–Crippen MR) is 136 cm³/mol. The number of halogens is 3. The average Bonchev–Trinajstić information content (AvgIpc) is 3.29. The van der Waals surface area contributed by atoms with Gasteiger partial charge in [-0.05, 0) is 61.2 Å². The molecule has 1 fully saturated rings. The first-order chi connectivity index (χ1) is 18.5. The number of imidazole rings is 1. The number of nitrogens with one attached hydrogen (secondary N) is 1. The summed E-state index contributed by atoms with van der Waals surface area (Å²) in [5.41, 5.74) is 0.892. The Morgan fingerprint density at radius 1 is 1.21 bits per heavy atom. The second kappa shape index (κ2) is 11.6. The van der Waals surface area contributed by atoms with E-state index < -0.39 is 28.0 Å². The Morgan fingerprint density at radius 2 is 1.90 bits per heavy atom. The summed E-state index contributed by atoms with van der Waals surface area (Å²) < 4.78 is 80.1. The van der Waals surface area contributed by atoms with E-state index in [0.29, 0.717) is 38.0 Å². The molecule has 0 spiro atoms. The van der Waals surface area contributed by atoms with E-state index in [2.05, 4.69) is 15.0 Å². The Hall–Kier alpha value is -3.65. The van der Waals surface area contributed by atoms with Crippen molar-refractivity contribution in [2.45, 2.75) is 30.5 Å². The van der Waals surface area contributed by atoms with Crippen LogP contribution in [0.25, 0.3) is 11.0 Å². The van der Waals surface area contributed by atoms with Crippen molar-refractivity contribution in [3.05, 3.63) is 48.3 Å². The van der Waals surface area contributed by atoms with Gasteiger partial charge in [-0.3, -0.25) is 13.9 Å². The fourth-order valence-electron chi connectivity index (χ4n) is 4.30. The molecule has 0 saturated carbocycles. The van der Waals surface area contributed by atoms with Gasteiger partial charge in [0.15, 0.2) is 6.29 Å². The number of benzene rings is 2. The highest BCUT2D eigenvalue weighted by Crippen LogP contribution is 2.35. The van der Waals surface area contributed by atoms with Crippen LogP contribution in [0.2, 0.25) is 0 Å². The van der Waals surface area contributed by atoms with Crippen LogP contribution in [0.4, 0.5) is 24.5 Å². The molecule has 10 nitrogen and oxygen atoms in total. The summed E-state index contributed by atoms with van der Waals surface area (Å²) in [5, 5.41) is 2.75. The third-order valence-corrected chi connectivity index (χ3v) is 8.19. The Balaban J connectivity index is 1.55. The van der Waals surface area contributed by atoms with Crippen molar-refractivity contribution in [1.29, 1.82) is 0 Å². The first-order valence-electron chi connectivity index (χ1n) is 12.1. The highest BCUT2D eigenvalue weighted by molar-refractivity contribution is 7.92. The maximum atomic E-state index is 13.8. The van der Waals surface area contributed by atoms with Crippen molar-refractivity contribution in [1.82, 2.24) is 9.55 Å². The van der Waals surface area contributed by atoms with Crippen molar-refractivity contribution >= 4 is 44.7 Å². The summed E-state index contributed by atoms with van der Waals surface area (Å²) in [6.07, 6.45) is -2.94. The van der Waals surface area contributed by atoms with E-state index in [4.69, 9.17) is 4.74 Å². The van der Waals surface area contributed by atoms with E-state index in [0.717, 1.165) is 8.87 Å². The van der Waals surface area contributed by atoms with Crippen LogP contribution in [-0.4, -0.2) is 63.6 Å². The largest absolute Gasteiger partial charge is 0.457 e. The molecule has 0 amide bonds. The minimum absolute atomic E-state index is 0.0134. The van der Waals surface area contributed by atoms with Crippen molar-refractivity contribution in [2.75, 3.05) is 43.0 Å². The molecule has 1 N–H and O–H groups in total. The van der Waals surface area contributed by atoms with Gasteiger partial charge in [0.2, 0.25) is 5.82 Å². The summed E-state index contributed by atoms with van der Waals surface area (Å²) in [5.74, 6) is -1.66. The van der Waals surface area contributed by atoms with Gasteiger partial charge in [-0.1, -0.05) is 0 Å². The summed E-state index contributed by atoms with van der Waals surface area (Å²) in [4.78, 5) is 25.5. The lowest BCUT2D eigenvalue weighted by atomic mass is 10.0.